The molecule has 6 N–H and O–H groups in total. The van der Waals surface area contributed by atoms with Crippen molar-refractivity contribution < 1.29 is 34.7 Å². The van der Waals surface area contributed by atoms with Gasteiger partial charge in [0.15, 0.2) is 11.9 Å². The van der Waals surface area contributed by atoms with Crippen LogP contribution in [0.1, 0.15) is 30.9 Å². The van der Waals surface area contributed by atoms with E-state index in [4.69, 9.17) is 9.47 Å². The van der Waals surface area contributed by atoms with E-state index in [2.05, 4.69) is 37.7 Å². The Morgan fingerprint density at radius 3 is 2.57 bits per heavy atom. The standard InChI is InChI=1S/C32H37N5O7/c1-19(7-5-10-20-8-3-2-4-9-20)34-32(42)37-26-14-13-23-30(36-26)35-24(16-33-23)22-12-6-11-21(15-22)18-43-31-29(41)28(40)27(39)25(17-38)44-31/h2-4,6,8-9,11-16,19,25,27-29,31,38-41H,5,7,10,17-18H2,1H3,(H2,34,35,36,37,42)/t19-,25-,27-,28+,29-,31-/m1/s1. The van der Waals surface area contributed by atoms with Crippen molar-refractivity contribution in [3.63, 3.8) is 0 Å². The second-order valence-corrected chi connectivity index (χ2v) is 10.9. The number of carbonyl (C=O) groups is 1. The number of aryl methyl sites for hydroxylation is 1. The van der Waals surface area contributed by atoms with Crippen LogP contribution in [0.25, 0.3) is 22.4 Å². The number of aliphatic hydroxyl groups excluding tert-OH is 4. The lowest BCUT2D eigenvalue weighted by atomic mass is 9.99. The Labute approximate surface area is 254 Å². The molecule has 0 aliphatic carbocycles. The number of aliphatic hydroxyl groups is 4. The molecule has 1 aliphatic rings. The van der Waals surface area contributed by atoms with Crippen molar-refractivity contribution in [3.05, 3.63) is 84.1 Å². The molecule has 6 atom stereocenters. The number of pyridine rings is 1. The second kappa shape index (κ2) is 14.6. The van der Waals surface area contributed by atoms with E-state index < -0.39 is 37.3 Å². The highest BCUT2D eigenvalue weighted by Crippen LogP contribution is 2.25. The molecule has 1 fully saturated rings. The summed E-state index contributed by atoms with van der Waals surface area (Å²) in [6.07, 6.45) is -2.37. The van der Waals surface area contributed by atoms with Gasteiger partial charge in [0.05, 0.1) is 25.1 Å². The van der Waals surface area contributed by atoms with Crippen LogP contribution in [0, 0.1) is 0 Å². The van der Waals surface area contributed by atoms with E-state index in [0.717, 1.165) is 30.4 Å². The van der Waals surface area contributed by atoms with E-state index in [-0.39, 0.29) is 18.7 Å². The van der Waals surface area contributed by atoms with Crippen LogP contribution in [-0.4, -0.2) is 84.8 Å². The highest BCUT2D eigenvalue weighted by atomic mass is 16.7. The first-order chi connectivity index (χ1) is 21.3. The Hall–Kier alpha value is -4.04. The van der Waals surface area contributed by atoms with Crippen molar-refractivity contribution in [2.45, 2.75) is 69.5 Å². The van der Waals surface area contributed by atoms with Gasteiger partial charge < -0.3 is 35.2 Å². The van der Waals surface area contributed by atoms with Crippen molar-refractivity contribution in [1.29, 1.82) is 0 Å². The number of nitrogens with one attached hydrogen (secondary N) is 2. The molecule has 0 spiro atoms. The van der Waals surface area contributed by atoms with Gasteiger partial charge in [-0.05, 0) is 55.5 Å². The van der Waals surface area contributed by atoms with Crippen LogP contribution in [0.3, 0.4) is 0 Å². The van der Waals surface area contributed by atoms with Crippen LogP contribution < -0.4 is 10.6 Å². The Morgan fingerprint density at radius 1 is 0.977 bits per heavy atom. The number of amides is 2. The third-order valence-electron chi connectivity index (χ3n) is 7.46. The number of ether oxygens (including phenoxy) is 2. The van der Waals surface area contributed by atoms with E-state index in [0.29, 0.717) is 22.7 Å². The van der Waals surface area contributed by atoms with Gasteiger partial charge in [0.2, 0.25) is 0 Å². The molecule has 3 heterocycles. The summed E-state index contributed by atoms with van der Waals surface area (Å²) in [5.74, 6) is 0.347. The molecule has 0 radical (unpaired) electrons. The number of benzene rings is 2. The molecule has 44 heavy (non-hydrogen) atoms. The third-order valence-corrected chi connectivity index (χ3v) is 7.46. The summed E-state index contributed by atoms with van der Waals surface area (Å²) in [4.78, 5) is 26.2. The number of urea groups is 1. The van der Waals surface area contributed by atoms with Crippen LogP contribution in [0.15, 0.2) is 72.9 Å². The van der Waals surface area contributed by atoms with Gasteiger partial charge in [-0.25, -0.2) is 14.8 Å². The second-order valence-electron chi connectivity index (χ2n) is 10.9. The highest BCUT2D eigenvalue weighted by molar-refractivity contribution is 5.89. The maximum absolute atomic E-state index is 12.6. The lowest BCUT2D eigenvalue weighted by molar-refractivity contribution is -0.304. The number of carbonyl (C=O) groups excluding carboxylic acids is 1. The smallest absolute Gasteiger partial charge is 0.320 e. The molecule has 1 saturated heterocycles. The molecule has 0 bridgehead atoms. The minimum Gasteiger partial charge on any atom is -0.394 e. The molecule has 12 nitrogen and oxygen atoms in total. The Morgan fingerprint density at radius 2 is 1.77 bits per heavy atom. The summed E-state index contributed by atoms with van der Waals surface area (Å²) < 4.78 is 11.1. The largest absolute Gasteiger partial charge is 0.394 e. The fourth-order valence-electron chi connectivity index (χ4n) is 5.02. The van der Waals surface area contributed by atoms with Gasteiger partial charge in [0, 0.05) is 11.6 Å². The number of nitrogens with zero attached hydrogens (tertiary/aromatic N) is 3. The lowest BCUT2D eigenvalue weighted by Crippen LogP contribution is -2.59. The van der Waals surface area contributed by atoms with Crippen molar-refractivity contribution in [1.82, 2.24) is 20.3 Å². The molecule has 4 aromatic rings. The van der Waals surface area contributed by atoms with Crippen LogP contribution in [-0.2, 0) is 22.5 Å². The SMILES string of the molecule is C[C@H](CCCc1ccccc1)NC(=O)Nc1ccc2ncc(-c3cccc(CO[C@@H]4O[C@H](CO)[C@@H](O)[C@H](O)[C@H]4O)c3)nc2n1. The van der Waals surface area contributed by atoms with Crippen molar-refractivity contribution in [2.75, 3.05) is 11.9 Å². The normalized spacial score (nSPS) is 22.4. The summed E-state index contributed by atoms with van der Waals surface area (Å²) in [6.45, 7) is 1.45. The van der Waals surface area contributed by atoms with E-state index in [1.165, 1.54) is 5.56 Å². The van der Waals surface area contributed by atoms with Gasteiger partial charge in [0.1, 0.15) is 35.8 Å². The van der Waals surface area contributed by atoms with E-state index in [1.54, 1.807) is 18.3 Å². The molecular formula is C32H37N5O7. The molecule has 2 amide bonds. The summed E-state index contributed by atoms with van der Waals surface area (Å²) in [5, 5.41) is 45.3. The molecule has 1 aliphatic heterocycles. The van der Waals surface area contributed by atoms with Crippen molar-refractivity contribution in [3.8, 4) is 11.3 Å². The predicted molar refractivity (Wildman–Crippen MR) is 162 cm³/mol. The van der Waals surface area contributed by atoms with Gasteiger partial charge in [-0.1, -0.05) is 48.5 Å². The molecule has 2 aromatic carbocycles. The topological polar surface area (TPSA) is 179 Å². The molecular weight excluding hydrogens is 566 g/mol. The first-order valence-corrected chi connectivity index (χ1v) is 14.6. The molecule has 0 saturated carbocycles. The van der Waals surface area contributed by atoms with Gasteiger partial charge in [-0.15, -0.1) is 0 Å². The summed E-state index contributed by atoms with van der Waals surface area (Å²) in [7, 11) is 0. The Kier molecular flexibility index (Phi) is 10.4. The minimum atomic E-state index is -1.52. The zero-order chi connectivity index (χ0) is 31.1. The number of hydrogen-bond acceptors (Lipinski definition) is 10. The molecule has 232 valence electrons. The fourth-order valence-corrected chi connectivity index (χ4v) is 5.02. The quantitative estimate of drug-likeness (QED) is 0.149. The average Bonchev–Trinajstić information content (AvgIpc) is 3.03. The number of aromatic nitrogens is 3. The third kappa shape index (κ3) is 7.91. The van der Waals surface area contributed by atoms with Crippen LogP contribution in [0.4, 0.5) is 10.6 Å². The monoisotopic (exact) mass is 603 g/mol. The maximum atomic E-state index is 12.6. The van der Waals surface area contributed by atoms with Crippen molar-refractivity contribution in [2.24, 2.45) is 0 Å². The number of rotatable bonds is 11. The summed E-state index contributed by atoms with van der Waals surface area (Å²) >= 11 is 0. The molecule has 12 heteroatoms. The summed E-state index contributed by atoms with van der Waals surface area (Å²) in [5.41, 5.74) is 4.21. The van der Waals surface area contributed by atoms with Crippen LogP contribution in [0.5, 0.6) is 0 Å². The lowest BCUT2D eigenvalue weighted by Gasteiger charge is -2.39. The first kappa shape index (κ1) is 31.4. The number of fused-ring (bicyclic) bond motifs is 1. The Balaban J connectivity index is 1.18. The van der Waals surface area contributed by atoms with E-state index in [1.807, 2.05) is 49.4 Å². The van der Waals surface area contributed by atoms with Crippen LogP contribution >= 0.6 is 0 Å². The van der Waals surface area contributed by atoms with Gasteiger partial charge in [-0.3, -0.25) is 10.3 Å². The maximum Gasteiger partial charge on any atom is 0.320 e. The van der Waals surface area contributed by atoms with E-state index >= 15 is 0 Å². The zero-order valence-corrected chi connectivity index (χ0v) is 24.3. The van der Waals surface area contributed by atoms with Gasteiger partial charge in [0.25, 0.3) is 0 Å². The van der Waals surface area contributed by atoms with Gasteiger partial charge >= 0.3 is 6.03 Å². The molecule has 2 aromatic heterocycles. The van der Waals surface area contributed by atoms with Crippen molar-refractivity contribution >= 4 is 23.0 Å². The molecule has 0 unspecified atom stereocenters. The number of anilines is 1. The first-order valence-electron chi connectivity index (χ1n) is 14.6. The zero-order valence-electron chi connectivity index (χ0n) is 24.3. The number of hydrogen-bond donors (Lipinski definition) is 6. The van der Waals surface area contributed by atoms with Gasteiger partial charge in [-0.2, -0.15) is 0 Å². The Bertz CT molecular complexity index is 1540. The fraction of sp³-hybridized carbons (Fsp3) is 0.375. The minimum absolute atomic E-state index is 0.0115. The van der Waals surface area contributed by atoms with E-state index in [9.17, 15) is 25.2 Å². The molecule has 5 rings (SSSR count). The summed E-state index contributed by atoms with van der Waals surface area (Å²) in [6, 6.07) is 20.6. The average molecular weight is 604 g/mol. The highest BCUT2D eigenvalue weighted by Gasteiger charge is 2.44. The van der Waals surface area contributed by atoms with Crippen LogP contribution in [0.2, 0.25) is 0 Å². The predicted octanol–water partition coefficient (Wildman–Crippen LogP) is 2.54.